The molecule has 9 heteroatoms. The first-order chi connectivity index (χ1) is 20.5. The largest absolute Gasteiger partial charge is 0.508 e. The van der Waals surface area contributed by atoms with Gasteiger partial charge in [-0.15, -0.1) is 0 Å². The lowest BCUT2D eigenvalue weighted by Crippen LogP contribution is -2.31. The first-order valence-electron chi connectivity index (χ1n) is 13.5. The monoisotopic (exact) mass is 580 g/mol. The molecule has 0 bridgehead atoms. The van der Waals surface area contributed by atoms with Crippen molar-refractivity contribution in [3.05, 3.63) is 101 Å². The van der Waals surface area contributed by atoms with Crippen LogP contribution in [-0.2, 0) is 0 Å². The van der Waals surface area contributed by atoms with Gasteiger partial charge in [-0.1, -0.05) is 17.7 Å². The summed E-state index contributed by atoms with van der Waals surface area (Å²) in [6.07, 6.45) is 2.10. The average Bonchev–Trinajstić information content (AvgIpc) is 3.35. The molecule has 5 aromatic rings. The van der Waals surface area contributed by atoms with Crippen molar-refractivity contribution in [2.75, 3.05) is 0 Å². The summed E-state index contributed by atoms with van der Waals surface area (Å²) in [5, 5.41) is 74.3. The van der Waals surface area contributed by atoms with E-state index in [-0.39, 0.29) is 45.6 Å². The molecule has 1 aliphatic carbocycles. The Balaban J connectivity index is 1.50. The molecule has 0 fully saturated rings. The van der Waals surface area contributed by atoms with Crippen molar-refractivity contribution in [1.82, 2.24) is 0 Å². The molecule has 0 radical (unpaired) electrons. The highest BCUT2D eigenvalue weighted by Gasteiger charge is 2.43. The maximum Gasteiger partial charge on any atom is 0.171 e. The number of ketones is 1. The van der Waals surface area contributed by atoms with Gasteiger partial charge < -0.3 is 40.2 Å². The summed E-state index contributed by atoms with van der Waals surface area (Å²) in [5.41, 5.74) is 1.95. The number of hydrogen-bond donors (Lipinski definition) is 7. The highest BCUT2D eigenvalue weighted by atomic mass is 16.3. The van der Waals surface area contributed by atoms with Crippen LogP contribution in [0.25, 0.3) is 22.3 Å². The summed E-state index contributed by atoms with van der Waals surface area (Å²) < 4.78 is 5.84. The van der Waals surface area contributed by atoms with Crippen LogP contribution in [0.15, 0.2) is 88.9 Å². The number of fused-ring (bicyclic) bond motifs is 1. The molecule has 4 aromatic carbocycles. The van der Waals surface area contributed by atoms with Crippen LogP contribution in [-0.4, -0.2) is 41.5 Å². The number of hydrogen-bond acceptors (Lipinski definition) is 9. The zero-order valence-electron chi connectivity index (χ0n) is 22.9. The van der Waals surface area contributed by atoms with Gasteiger partial charge in [0.05, 0.1) is 5.56 Å². The predicted octanol–water partition coefficient (Wildman–Crippen LogP) is 6.76. The maximum absolute atomic E-state index is 14.2. The lowest BCUT2D eigenvalue weighted by Gasteiger charge is -2.37. The number of Topliss-reactive ketones (excluding diaryl/α,β-unsaturated/α-hetero) is 1. The topological polar surface area (TPSA) is 172 Å². The van der Waals surface area contributed by atoms with Gasteiger partial charge in [0, 0.05) is 52.5 Å². The number of rotatable bonds is 5. The van der Waals surface area contributed by atoms with Gasteiger partial charge in [-0.25, -0.2) is 0 Å². The van der Waals surface area contributed by atoms with E-state index in [4.69, 9.17) is 4.42 Å². The molecule has 0 aliphatic heterocycles. The van der Waals surface area contributed by atoms with Crippen molar-refractivity contribution in [2.24, 2.45) is 5.92 Å². The fourth-order valence-corrected chi connectivity index (χ4v) is 6.14. The summed E-state index contributed by atoms with van der Waals surface area (Å²) in [4.78, 5) is 14.2. The molecule has 0 spiro atoms. The Labute approximate surface area is 245 Å². The zero-order chi connectivity index (χ0) is 30.6. The molecule has 0 amide bonds. The average molecular weight is 581 g/mol. The van der Waals surface area contributed by atoms with Gasteiger partial charge >= 0.3 is 0 Å². The molecule has 2 unspecified atom stereocenters. The van der Waals surface area contributed by atoms with Crippen LogP contribution in [0.4, 0.5) is 0 Å². The second-order valence-corrected chi connectivity index (χ2v) is 10.9. The van der Waals surface area contributed by atoms with Crippen LogP contribution in [0.1, 0.15) is 46.7 Å². The van der Waals surface area contributed by atoms with Gasteiger partial charge in [0.15, 0.2) is 5.78 Å². The van der Waals surface area contributed by atoms with Crippen molar-refractivity contribution in [1.29, 1.82) is 0 Å². The molecule has 6 rings (SSSR count). The van der Waals surface area contributed by atoms with E-state index < -0.39 is 29.3 Å². The summed E-state index contributed by atoms with van der Waals surface area (Å²) in [6, 6.07) is 16.9. The Bertz CT molecular complexity index is 1910. The number of carbonyl (C=O) groups is 1. The fourth-order valence-electron chi connectivity index (χ4n) is 6.14. The molecule has 1 aliphatic rings. The second kappa shape index (κ2) is 10.4. The first kappa shape index (κ1) is 27.6. The summed E-state index contributed by atoms with van der Waals surface area (Å²) in [5.74, 6) is -4.49. The number of benzene rings is 4. The Hall–Kier alpha value is -5.57. The fraction of sp³-hybridized carbons (Fsp3) is 0.147. The standard InChI is InChI=1S/C34H28O9/c1-16-8-24(22-6-4-19(35)13-26(22)38)32(34(42)23-7-5-20(36)14-27(23)39)25(9-16)33-28(40)10-18(11-29(33)41)30-12-17-2-3-21(37)15-31(17)43-30/h2-7,9-15,24-25,32,35-41H,8H2,1H3/t24-,25?,32?/m0/s1. The molecule has 0 saturated heterocycles. The van der Waals surface area contributed by atoms with Crippen molar-refractivity contribution in [3.63, 3.8) is 0 Å². The van der Waals surface area contributed by atoms with Gasteiger partial charge in [-0.2, -0.15) is 0 Å². The number of furan rings is 1. The minimum absolute atomic E-state index is 0.0264. The SMILES string of the molecule is CC1=CC(c2c(O)cc(-c3cc4ccc(O)cc4o3)cc2O)C(C(=O)c2ccc(O)cc2O)[C@H](c2ccc(O)cc2O)C1. The lowest BCUT2D eigenvalue weighted by atomic mass is 9.65. The molecule has 1 heterocycles. The Morgan fingerprint density at radius 1 is 0.721 bits per heavy atom. The minimum atomic E-state index is -1.04. The molecule has 9 nitrogen and oxygen atoms in total. The van der Waals surface area contributed by atoms with Crippen molar-refractivity contribution < 1.29 is 45.0 Å². The Morgan fingerprint density at radius 3 is 2.02 bits per heavy atom. The summed E-state index contributed by atoms with van der Waals surface area (Å²) >= 11 is 0. The number of carbonyl (C=O) groups excluding carboxylic acids is 1. The zero-order valence-corrected chi connectivity index (χ0v) is 22.9. The van der Waals surface area contributed by atoms with E-state index in [1.807, 2.05) is 6.92 Å². The quantitative estimate of drug-likeness (QED) is 0.0876. The van der Waals surface area contributed by atoms with Gasteiger partial charge in [0.2, 0.25) is 0 Å². The van der Waals surface area contributed by atoms with Gasteiger partial charge in [0.1, 0.15) is 51.6 Å². The van der Waals surface area contributed by atoms with Crippen LogP contribution in [0.3, 0.4) is 0 Å². The van der Waals surface area contributed by atoms with E-state index in [2.05, 4.69) is 0 Å². The van der Waals surface area contributed by atoms with Crippen molar-refractivity contribution in [2.45, 2.75) is 25.2 Å². The lowest BCUT2D eigenvalue weighted by molar-refractivity contribution is 0.0876. The summed E-state index contributed by atoms with van der Waals surface area (Å²) in [7, 11) is 0. The van der Waals surface area contributed by atoms with Crippen LogP contribution < -0.4 is 0 Å². The second-order valence-electron chi connectivity index (χ2n) is 10.9. The third-order valence-electron chi connectivity index (χ3n) is 8.05. The normalized spacial score (nSPS) is 18.4. The van der Waals surface area contributed by atoms with Crippen LogP contribution in [0, 0.1) is 5.92 Å². The van der Waals surface area contributed by atoms with Gasteiger partial charge in [-0.05, 0) is 67.4 Å². The van der Waals surface area contributed by atoms with Gasteiger partial charge in [-0.3, -0.25) is 4.79 Å². The molecule has 218 valence electrons. The van der Waals surface area contributed by atoms with E-state index in [9.17, 15) is 40.5 Å². The predicted molar refractivity (Wildman–Crippen MR) is 158 cm³/mol. The minimum Gasteiger partial charge on any atom is -0.508 e. The molecular formula is C34H28O9. The highest BCUT2D eigenvalue weighted by molar-refractivity contribution is 6.02. The third-order valence-corrected chi connectivity index (χ3v) is 8.05. The van der Waals surface area contributed by atoms with E-state index >= 15 is 0 Å². The number of phenols is 7. The Morgan fingerprint density at radius 2 is 1.35 bits per heavy atom. The number of phenolic OH excluding ortho intramolecular Hbond substituents is 7. The summed E-state index contributed by atoms with van der Waals surface area (Å²) in [6.45, 7) is 1.84. The van der Waals surface area contributed by atoms with Crippen LogP contribution in [0.2, 0.25) is 0 Å². The van der Waals surface area contributed by atoms with E-state index in [1.165, 1.54) is 54.6 Å². The third kappa shape index (κ3) is 4.95. The molecule has 43 heavy (non-hydrogen) atoms. The highest BCUT2D eigenvalue weighted by Crippen LogP contribution is 2.53. The molecular weight excluding hydrogens is 552 g/mol. The van der Waals surface area contributed by atoms with E-state index in [0.29, 0.717) is 34.3 Å². The van der Waals surface area contributed by atoms with Crippen LogP contribution in [0.5, 0.6) is 40.2 Å². The maximum atomic E-state index is 14.2. The smallest absolute Gasteiger partial charge is 0.171 e. The molecule has 7 N–H and O–H groups in total. The van der Waals surface area contributed by atoms with Crippen LogP contribution >= 0.6 is 0 Å². The molecule has 0 saturated carbocycles. The first-order valence-corrected chi connectivity index (χ1v) is 13.5. The Kier molecular flexibility index (Phi) is 6.65. The van der Waals surface area contributed by atoms with Crippen molar-refractivity contribution in [3.8, 4) is 51.6 Å². The van der Waals surface area contributed by atoms with E-state index in [0.717, 1.165) is 11.6 Å². The number of aromatic hydroxyl groups is 7. The number of allylic oxidation sites excluding steroid dienone is 2. The molecule has 1 aromatic heterocycles. The molecule has 3 atom stereocenters. The van der Waals surface area contributed by atoms with Crippen molar-refractivity contribution >= 4 is 16.8 Å². The van der Waals surface area contributed by atoms with Gasteiger partial charge in [0.25, 0.3) is 0 Å². The van der Waals surface area contributed by atoms with E-state index in [1.54, 1.807) is 18.2 Å².